The molecule has 0 bridgehead atoms. The number of benzene rings is 2. The summed E-state index contributed by atoms with van der Waals surface area (Å²) in [5.74, 6) is -1.98. The molecule has 0 fully saturated rings. The highest BCUT2D eigenvalue weighted by atomic mass is 32.2. The molecule has 42 heavy (non-hydrogen) atoms. The van der Waals surface area contributed by atoms with E-state index >= 15 is 8.78 Å². The summed E-state index contributed by atoms with van der Waals surface area (Å²) in [5, 5.41) is 4.83. The predicted molar refractivity (Wildman–Crippen MR) is 154 cm³/mol. The molecule has 0 unspecified atom stereocenters. The van der Waals surface area contributed by atoms with Crippen LogP contribution in [0, 0.1) is 11.6 Å². The molecule has 6 rings (SSSR count). The van der Waals surface area contributed by atoms with Crippen LogP contribution in [-0.2, 0) is 30.0 Å². The van der Waals surface area contributed by atoms with Crippen LogP contribution in [0.1, 0.15) is 16.8 Å². The number of halogens is 2. The smallest absolute Gasteiger partial charge is 0.269 e. The summed E-state index contributed by atoms with van der Waals surface area (Å²) in [6.45, 7) is 0.214. The largest absolute Gasteiger partial charge is 0.493 e. The van der Waals surface area contributed by atoms with Crippen molar-refractivity contribution >= 4 is 32.4 Å². The first-order valence-corrected chi connectivity index (χ1v) is 14.4. The van der Waals surface area contributed by atoms with Gasteiger partial charge in [-0.3, -0.25) is 4.68 Å². The first-order valence-electron chi connectivity index (χ1n) is 13.0. The Bertz CT molecular complexity index is 1900. The number of anilines is 2. The Morgan fingerprint density at radius 1 is 0.952 bits per heavy atom. The van der Waals surface area contributed by atoms with Gasteiger partial charge in [-0.05, 0) is 23.8 Å². The fraction of sp³-hybridized carbons (Fsp3) is 0.241. The van der Waals surface area contributed by atoms with E-state index in [0.29, 0.717) is 23.1 Å². The van der Waals surface area contributed by atoms with Crippen LogP contribution in [0.3, 0.4) is 0 Å². The lowest BCUT2D eigenvalue weighted by Crippen LogP contribution is -2.41. The zero-order valence-corrected chi connectivity index (χ0v) is 24.2. The molecule has 0 amide bonds. The molecule has 3 aromatic heterocycles. The lowest BCUT2D eigenvalue weighted by Gasteiger charge is -2.38. The molecule has 0 atom stereocenters. The average molecular weight is 595 g/mol. The Morgan fingerprint density at radius 3 is 2.26 bits per heavy atom. The van der Waals surface area contributed by atoms with Gasteiger partial charge in [-0.25, -0.2) is 26.2 Å². The van der Waals surface area contributed by atoms with E-state index in [9.17, 15) is 8.42 Å². The van der Waals surface area contributed by atoms with Gasteiger partial charge in [-0.15, -0.1) is 0 Å². The van der Waals surface area contributed by atoms with E-state index < -0.39 is 21.7 Å². The highest BCUT2D eigenvalue weighted by Crippen LogP contribution is 2.42. The van der Waals surface area contributed by atoms with Gasteiger partial charge in [0.15, 0.2) is 28.8 Å². The number of rotatable bonds is 7. The van der Waals surface area contributed by atoms with E-state index in [0.717, 1.165) is 11.3 Å². The summed E-state index contributed by atoms with van der Waals surface area (Å²) in [6.07, 6.45) is 5.37. The molecule has 0 saturated heterocycles. The van der Waals surface area contributed by atoms with Crippen LogP contribution in [0.5, 0.6) is 11.5 Å². The zero-order valence-electron chi connectivity index (χ0n) is 23.4. The summed E-state index contributed by atoms with van der Waals surface area (Å²) >= 11 is 0. The van der Waals surface area contributed by atoms with Gasteiger partial charge in [0.2, 0.25) is 0 Å². The van der Waals surface area contributed by atoms with Crippen LogP contribution in [0.25, 0.3) is 11.0 Å². The monoisotopic (exact) mass is 594 g/mol. The molecule has 0 aliphatic carbocycles. The summed E-state index contributed by atoms with van der Waals surface area (Å²) in [6, 6.07) is 11.2. The SMILES string of the molecule is COc1cc(OC)c(F)c(N2Cc3cnc4c(cc(Cc5cnn(C)c5)n4S(=O)(=O)c4ccccc4)c3N(C)C2)c1F. The van der Waals surface area contributed by atoms with Crippen molar-refractivity contribution < 1.29 is 26.7 Å². The van der Waals surface area contributed by atoms with Gasteiger partial charge in [0.1, 0.15) is 5.69 Å². The second-order valence-corrected chi connectivity index (χ2v) is 11.9. The van der Waals surface area contributed by atoms with Gasteiger partial charge in [0, 0.05) is 62.2 Å². The molecule has 5 aromatic rings. The molecule has 218 valence electrons. The fourth-order valence-corrected chi connectivity index (χ4v) is 7.03. The van der Waals surface area contributed by atoms with Gasteiger partial charge in [0.25, 0.3) is 10.0 Å². The molecule has 0 radical (unpaired) electrons. The number of nitrogens with zero attached hydrogens (tertiary/aromatic N) is 6. The van der Waals surface area contributed by atoms with Crippen molar-refractivity contribution in [3.63, 3.8) is 0 Å². The van der Waals surface area contributed by atoms with Gasteiger partial charge < -0.3 is 19.3 Å². The van der Waals surface area contributed by atoms with E-state index in [1.807, 2.05) is 17.2 Å². The zero-order chi connectivity index (χ0) is 29.8. The van der Waals surface area contributed by atoms with E-state index in [-0.39, 0.29) is 40.9 Å². The topological polar surface area (TPSA) is 94.7 Å². The van der Waals surface area contributed by atoms with Crippen molar-refractivity contribution in [2.75, 3.05) is 37.7 Å². The van der Waals surface area contributed by atoms with E-state index in [1.54, 1.807) is 61.5 Å². The van der Waals surface area contributed by atoms with Crippen LogP contribution < -0.4 is 19.3 Å². The maximum absolute atomic E-state index is 15.4. The second kappa shape index (κ2) is 10.3. The van der Waals surface area contributed by atoms with Crippen LogP contribution >= 0.6 is 0 Å². The minimum Gasteiger partial charge on any atom is -0.493 e. The molecular formula is C29H28F2N6O4S. The van der Waals surface area contributed by atoms with Gasteiger partial charge >= 0.3 is 0 Å². The van der Waals surface area contributed by atoms with Crippen molar-refractivity contribution in [1.82, 2.24) is 18.7 Å². The minimum atomic E-state index is -4.02. The Balaban J connectivity index is 1.51. The summed E-state index contributed by atoms with van der Waals surface area (Å²) in [4.78, 5) is 8.08. The highest BCUT2D eigenvalue weighted by Gasteiger charge is 2.32. The number of methoxy groups -OCH3 is 2. The van der Waals surface area contributed by atoms with Crippen molar-refractivity contribution in [3.05, 3.63) is 89.5 Å². The number of aryl methyl sites for hydroxylation is 1. The third kappa shape index (κ3) is 4.40. The Hall–Kier alpha value is -4.65. The predicted octanol–water partition coefficient (Wildman–Crippen LogP) is 4.31. The molecule has 1 aliphatic heterocycles. The molecule has 1 aliphatic rings. The van der Waals surface area contributed by atoms with Crippen molar-refractivity contribution in [2.24, 2.45) is 7.05 Å². The van der Waals surface area contributed by atoms with Crippen LogP contribution in [-0.4, -0.2) is 55.1 Å². The van der Waals surface area contributed by atoms with Crippen molar-refractivity contribution in [2.45, 2.75) is 17.9 Å². The molecule has 13 heteroatoms. The maximum atomic E-state index is 15.4. The quantitative estimate of drug-likeness (QED) is 0.275. The number of fused-ring (bicyclic) bond motifs is 3. The number of hydrogen-bond acceptors (Lipinski definition) is 8. The van der Waals surface area contributed by atoms with Crippen molar-refractivity contribution in [1.29, 1.82) is 0 Å². The Morgan fingerprint density at radius 2 is 1.64 bits per heavy atom. The Kier molecular flexibility index (Phi) is 6.76. The van der Waals surface area contributed by atoms with Crippen LogP contribution in [0.4, 0.5) is 20.2 Å². The molecular weight excluding hydrogens is 566 g/mol. The number of aromatic nitrogens is 4. The molecule has 4 heterocycles. The standard InChI is InChI=1S/C29H28F2N6O4S/c1-34-17-36(28-25(30)23(40-3)12-24(41-4)26(28)31)16-19-14-32-29-22(27(19)34)11-20(10-18-13-33-35(2)15-18)37(29)42(38,39)21-8-6-5-7-9-21/h5-9,11-15H,10,16-17H2,1-4H3. The summed E-state index contributed by atoms with van der Waals surface area (Å²) < 4.78 is 71.9. The van der Waals surface area contributed by atoms with E-state index in [2.05, 4.69) is 10.1 Å². The van der Waals surface area contributed by atoms with Gasteiger partial charge in [-0.2, -0.15) is 5.10 Å². The summed E-state index contributed by atoms with van der Waals surface area (Å²) in [5.41, 5.74) is 2.70. The van der Waals surface area contributed by atoms with E-state index in [4.69, 9.17) is 9.47 Å². The second-order valence-electron chi connectivity index (χ2n) is 10.1. The molecule has 0 saturated carbocycles. The van der Waals surface area contributed by atoms with Gasteiger partial charge in [0.05, 0.1) is 37.7 Å². The van der Waals surface area contributed by atoms with Crippen LogP contribution in [0.2, 0.25) is 0 Å². The maximum Gasteiger partial charge on any atom is 0.269 e. The lowest BCUT2D eigenvalue weighted by atomic mass is 10.1. The lowest BCUT2D eigenvalue weighted by molar-refractivity contribution is 0.358. The number of hydrogen-bond donors (Lipinski definition) is 0. The third-order valence-corrected chi connectivity index (χ3v) is 9.08. The molecule has 0 N–H and O–H groups in total. The highest BCUT2D eigenvalue weighted by molar-refractivity contribution is 7.90. The molecule has 10 nitrogen and oxygen atoms in total. The Labute approximate surface area is 241 Å². The first kappa shape index (κ1) is 27.5. The normalized spacial score (nSPS) is 13.5. The number of pyridine rings is 1. The summed E-state index contributed by atoms with van der Waals surface area (Å²) in [7, 11) is 2.15. The number of ether oxygens (including phenoxy) is 2. The fourth-order valence-electron chi connectivity index (χ4n) is 5.51. The first-order chi connectivity index (χ1) is 20.1. The van der Waals surface area contributed by atoms with E-state index in [1.165, 1.54) is 29.2 Å². The third-order valence-electron chi connectivity index (χ3n) is 7.32. The average Bonchev–Trinajstić information content (AvgIpc) is 3.56. The molecule has 2 aromatic carbocycles. The van der Waals surface area contributed by atoms with Gasteiger partial charge in [-0.1, -0.05) is 18.2 Å². The van der Waals surface area contributed by atoms with Crippen LogP contribution in [0.15, 0.2) is 66.0 Å². The van der Waals surface area contributed by atoms with Crippen molar-refractivity contribution in [3.8, 4) is 11.5 Å². The molecule has 0 spiro atoms. The minimum absolute atomic E-state index is 0.102.